The van der Waals surface area contributed by atoms with Crippen molar-refractivity contribution in [1.29, 1.82) is 0 Å². The number of hydrogen-bond acceptors (Lipinski definition) is 5. The number of hydrogen-bond donors (Lipinski definition) is 1. The molecule has 62 valence electrons. The largest absolute Gasteiger partial charge is 0.388 e. The molecule has 0 aromatic carbocycles. The van der Waals surface area contributed by atoms with Gasteiger partial charge in [-0.15, -0.1) is 0 Å². The molecule has 0 saturated heterocycles. The minimum Gasteiger partial charge on any atom is -0.388 e. The molecule has 0 radical (unpaired) electrons. The van der Waals surface area contributed by atoms with Crippen LogP contribution in [-0.4, -0.2) is 15.2 Å². The Morgan fingerprint density at radius 3 is 3.08 bits per heavy atom. The van der Waals surface area contributed by atoms with Gasteiger partial charge in [-0.05, 0) is 11.4 Å². The summed E-state index contributed by atoms with van der Waals surface area (Å²) in [6.45, 7) is -0.187. The molecular formula is C7H6N2O2S. The summed E-state index contributed by atoms with van der Waals surface area (Å²) in [5, 5.41) is 16.1. The summed E-state index contributed by atoms with van der Waals surface area (Å²) >= 11 is 1.56. The van der Waals surface area contributed by atoms with E-state index in [9.17, 15) is 0 Å². The third-order valence-corrected chi connectivity index (χ3v) is 2.06. The first kappa shape index (κ1) is 7.45. The highest BCUT2D eigenvalue weighted by atomic mass is 32.1. The van der Waals surface area contributed by atoms with Crippen LogP contribution in [0.4, 0.5) is 0 Å². The summed E-state index contributed by atoms with van der Waals surface area (Å²) in [5.74, 6) is 0.775. The average molecular weight is 182 g/mol. The highest BCUT2D eigenvalue weighted by Crippen LogP contribution is 2.19. The van der Waals surface area contributed by atoms with Crippen LogP contribution in [0.15, 0.2) is 21.3 Å². The van der Waals surface area contributed by atoms with Gasteiger partial charge in [-0.1, -0.05) is 5.16 Å². The van der Waals surface area contributed by atoms with Crippen LogP contribution in [0, 0.1) is 0 Å². The lowest BCUT2D eigenvalue weighted by molar-refractivity contribution is 0.264. The van der Waals surface area contributed by atoms with Crippen LogP contribution in [0.1, 0.15) is 5.82 Å². The third-order valence-electron chi connectivity index (χ3n) is 1.38. The Morgan fingerprint density at radius 2 is 2.50 bits per heavy atom. The van der Waals surface area contributed by atoms with Gasteiger partial charge in [-0.25, -0.2) is 0 Å². The first-order valence-electron chi connectivity index (χ1n) is 3.36. The van der Waals surface area contributed by atoms with Crippen molar-refractivity contribution in [3.8, 4) is 11.5 Å². The lowest BCUT2D eigenvalue weighted by atomic mass is 10.3. The number of nitrogens with zero attached hydrogens (tertiary/aromatic N) is 2. The minimum atomic E-state index is -0.187. The highest BCUT2D eigenvalue weighted by Gasteiger charge is 2.06. The first-order chi connectivity index (χ1) is 5.90. The fraction of sp³-hybridized carbons (Fsp3) is 0.143. The van der Waals surface area contributed by atoms with E-state index in [2.05, 4.69) is 10.1 Å². The molecule has 0 bridgehead atoms. The lowest BCUT2D eigenvalue weighted by Gasteiger charge is -1.82. The molecule has 0 aliphatic carbocycles. The lowest BCUT2D eigenvalue weighted by Crippen LogP contribution is -1.84. The van der Waals surface area contributed by atoms with Gasteiger partial charge in [0.2, 0.25) is 0 Å². The summed E-state index contributed by atoms with van der Waals surface area (Å²) in [7, 11) is 0. The van der Waals surface area contributed by atoms with Crippen molar-refractivity contribution in [2.24, 2.45) is 0 Å². The van der Waals surface area contributed by atoms with E-state index in [1.807, 2.05) is 16.8 Å². The SMILES string of the molecule is OCc1noc(-c2ccsc2)n1. The Balaban J connectivity index is 2.35. The van der Waals surface area contributed by atoms with Crippen molar-refractivity contribution in [3.05, 3.63) is 22.7 Å². The average Bonchev–Trinajstić information content (AvgIpc) is 2.75. The molecule has 2 rings (SSSR count). The van der Waals surface area contributed by atoms with Crippen LogP contribution in [0.3, 0.4) is 0 Å². The number of aliphatic hydroxyl groups is 1. The Bertz CT molecular complexity index is 355. The molecule has 2 aromatic rings. The number of aromatic nitrogens is 2. The summed E-state index contributed by atoms with van der Waals surface area (Å²) in [6, 6.07) is 1.89. The maximum atomic E-state index is 8.67. The van der Waals surface area contributed by atoms with Gasteiger partial charge in [0.1, 0.15) is 6.61 Å². The van der Waals surface area contributed by atoms with Gasteiger partial charge in [0.05, 0.1) is 5.56 Å². The molecule has 2 aromatic heterocycles. The predicted octanol–water partition coefficient (Wildman–Crippen LogP) is 1.29. The normalized spacial score (nSPS) is 10.4. The van der Waals surface area contributed by atoms with E-state index in [0.717, 1.165) is 5.56 Å². The molecule has 0 atom stereocenters. The van der Waals surface area contributed by atoms with Crippen molar-refractivity contribution in [2.75, 3.05) is 0 Å². The molecule has 0 saturated carbocycles. The standard InChI is InChI=1S/C7H6N2O2S/c10-3-6-8-7(11-9-6)5-1-2-12-4-5/h1-2,4,10H,3H2. The zero-order valence-electron chi connectivity index (χ0n) is 6.10. The van der Waals surface area contributed by atoms with E-state index < -0.39 is 0 Å². The van der Waals surface area contributed by atoms with Gasteiger partial charge in [-0.2, -0.15) is 16.3 Å². The Morgan fingerprint density at radius 1 is 1.58 bits per heavy atom. The zero-order chi connectivity index (χ0) is 8.39. The summed E-state index contributed by atoms with van der Waals surface area (Å²) in [5.41, 5.74) is 0.896. The molecule has 0 aliphatic heterocycles. The van der Waals surface area contributed by atoms with Crippen molar-refractivity contribution < 1.29 is 9.63 Å². The van der Waals surface area contributed by atoms with Crippen molar-refractivity contribution >= 4 is 11.3 Å². The number of aliphatic hydroxyl groups excluding tert-OH is 1. The number of rotatable bonds is 2. The van der Waals surface area contributed by atoms with Crippen LogP contribution < -0.4 is 0 Å². The van der Waals surface area contributed by atoms with Crippen molar-refractivity contribution in [2.45, 2.75) is 6.61 Å². The fourth-order valence-corrected chi connectivity index (χ4v) is 1.45. The molecular weight excluding hydrogens is 176 g/mol. The van der Waals surface area contributed by atoms with Crippen LogP contribution in [-0.2, 0) is 6.61 Å². The van der Waals surface area contributed by atoms with Gasteiger partial charge in [0, 0.05) is 5.38 Å². The van der Waals surface area contributed by atoms with Crippen LogP contribution in [0.25, 0.3) is 11.5 Å². The molecule has 0 fully saturated rings. The van der Waals surface area contributed by atoms with Gasteiger partial charge in [0.15, 0.2) is 5.82 Å². The van der Waals surface area contributed by atoms with E-state index in [-0.39, 0.29) is 6.61 Å². The summed E-state index contributed by atoms with van der Waals surface area (Å²) in [6.07, 6.45) is 0. The quantitative estimate of drug-likeness (QED) is 0.760. The summed E-state index contributed by atoms with van der Waals surface area (Å²) < 4.78 is 4.89. The Labute approximate surface area is 72.5 Å². The Hall–Kier alpha value is -1.20. The van der Waals surface area contributed by atoms with Crippen LogP contribution >= 0.6 is 11.3 Å². The monoisotopic (exact) mass is 182 g/mol. The maximum Gasteiger partial charge on any atom is 0.258 e. The molecule has 5 heteroatoms. The molecule has 2 heterocycles. The van der Waals surface area contributed by atoms with Gasteiger partial charge < -0.3 is 9.63 Å². The number of thiophene rings is 1. The van der Waals surface area contributed by atoms with Crippen LogP contribution in [0.5, 0.6) is 0 Å². The molecule has 0 amide bonds. The topological polar surface area (TPSA) is 59.2 Å². The van der Waals surface area contributed by atoms with Gasteiger partial charge in [0.25, 0.3) is 5.89 Å². The molecule has 0 unspecified atom stereocenters. The van der Waals surface area contributed by atoms with E-state index in [1.54, 1.807) is 11.3 Å². The fourth-order valence-electron chi connectivity index (χ4n) is 0.822. The van der Waals surface area contributed by atoms with E-state index in [1.165, 1.54) is 0 Å². The summed E-state index contributed by atoms with van der Waals surface area (Å²) in [4.78, 5) is 3.95. The van der Waals surface area contributed by atoms with Crippen LogP contribution in [0.2, 0.25) is 0 Å². The Kier molecular flexibility index (Phi) is 1.89. The predicted molar refractivity (Wildman–Crippen MR) is 43.5 cm³/mol. The van der Waals surface area contributed by atoms with E-state index in [0.29, 0.717) is 11.7 Å². The smallest absolute Gasteiger partial charge is 0.258 e. The second kappa shape index (κ2) is 3.04. The van der Waals surface area contributed by atoms with Crippen molar-refractivity contribution in [1.82, 2.24) is 10.1 Å². The van der Waals surface area contributed by atoms with Gasteiger partial charge >= 0.3 is 0 Å². The maximum absolute atomic E-state index is 8.67. The molecule has 0 spiro atoms. The highest BCUT2D eigenvalue weighted by molar-refractivity contribution is 7.08. The van der Waals surface area contributed by atoms with E-state index >= 15 is 0 Å². The zero-order valence-corrected chi connectivity index (χ0v) is 6.91. The van der Waals surface area contributed by atoms with Crippen molar-refractivity contribution in [3.63, 3.8) is 0 Å². The molecule has 4 nitrogen and oxygen atoms in total. The molecule has 0 aliphatic rings. The minimum absolute atomic E-state index is 0.187. The second-order valence-corrected chi connectivity index (χ2v) is 2.97. The van der Waals surface area contributed by atoms with E-state index in [4.69, 9.17) is 9.63 Å². The third kappa shape index (κ3) is 1.24. The van der Waals surface area contributed by atoms with Gasteiger partial charge in [-0.3, -0.25) is 0 Å². The first-order valence-corrected chi connectivity index (χ1v) is 4.30. The molecule has 1 N–H and O–H groups in total. The second-order valence-electron chi connectivity index (χ2n) is 2.19. The molecule has 12 heavy (non-hydrogen) atoms.